The van der Waals surface area contributed by atoms with Gasteiger partial charge < -0.3 is 4.57 Å². The Balaban J connectivity index is 1.65. The van der Waals surface area contributed by atoms with Crippen molar-refractivity contribution < 1.29 is 4.39 Å². The van der Waals surface area contributed by atoms with Crippen molar-refractivity contribution in [3.05, 3.63) is 75.2 Å². The minimum absolute atomic E-state index is 0.304. The average Bonchev–Trinajstić information content (AvgIpc) is 3.24. The number of thiophene rings is 1. The summed E-state index contributed by atoms with van der Waals surface area (Å²) in [6, 6.07) is 15.0. The second-order valence-electron chi connectivity index (χ2n) is 6.30. The molecule has 142 valence electrons. The number of aromatic nitrogens is 3. The van der Waals surface area contributed by atoms with Crippen LogP contribution in [0.2, 0.25) is 5.02 Å². The number of benzene rings is 2. The second kappa shape index (κ2) is 8.07. The number of hydrogen-bond donors (Lipinski definition) is 0. The van der Waals surface area contributed by atoms with Gasteiger partial charge in [0, 0.05) is 44.8 Å². The van der Waals surface area contributed by atoms with Gasteiger partial charge >= 0.3 is 0 Å². The van der Waals surface area contributed by atoms with Crippen LogP contribution in [0, 0.1) is 12.7 Å². The summed E-state index contributed by atoms with van der Waals surface area (Å²) in [5, 5.41) is 12.0. The van der Waals surface area contributed by atoms with Crippen LogP contribution in [-0.4, -0.2) is 14.8 Å². The first-order valence-electron chi connectivity index (χ1n) is 8.65. The SMILES string of the molecule is Cc1scc(-c2nnc(SCc3c(F)cccc3Cl)n2C)c1-c1ccccc1. The van der Waals surface area contributed by atoms with Crippen molar-refractivity contribution in [2.24, 2.45) is 7.05 Å². The standard InChI is InChI=1S/C21H17ClFN3S2/c1-13-19(14-7-4-3-5-8-14)16(12-27-13)20-24-25-21(26(20)2)28-11-15-17(22)9-6-10-18(15)23/h3-10,12H,11H2,1-2H3. The van der Waals surface area contributed by atoms with E-state index in [9.17, 15) is 4.39 Å². The highest BCUT2D eigenvalue weighted by Crippen LogP contribution is 2.39. The lowest BCUT2D eigenvalue weighted by atomic mass is 10.0. The van der Waals surface area contributed by atoms with E-state index in [2.05, 4.69) is 34.6 Å². The molecule has 0 aliphatic rings. The average molecular weight is 430 g/mol. The highest BCUT2D eigenvalue weighted by molar-refractivity contribution is 7.98. The van der Waals surface area contributed by atoms with Gasteiger partial charge in [-0.2, -0.15) is 0 Å². The summed E-state index contributed by atoms with van der Waals surface area (Å²) in [4.78, 5) is 1.23. The normalized spacial score (nSPS) is 11.1. The van der Waals surface area contributed by atoms with Gasteiger partial charge in [0.15, 0.2) is 11.0 Å². The Morgan fingerprint density at radius 2 is 1.89 bits per heavy atom. The maximum absolute atomic E-state index is 14.0. The van der Waals surface area contributed by atoms with Gasteiger partial charge in [-0.1, -0.05) is 59.8 Å². The molecule has 0 atom stereocenters. The summed E-state index contributed by atoms with van der Waals surface area (Å²) >= 11 is 9.25. The zero-order valence-electron chi connectivity index (χ0n) is 15.3. The molecule has 7 heteroatoms. The van der Waals surface area contributed by atoms with E-state index < -0.39 is 0 Å². The van der Waals surface area contributed by atoms with Crippen molar-refractivity contribution in [3.8, 4) is 22.5 Å². The number of aryl methyl sites for hydroxylation is 1. The van der Waals surface area contributed by atoms with Crippen LogP contribution in [0.5, 0.6) is 0 Å². The maximum Gasteiger partial charge on any atom is 0.191 e. The van der Waals surface area contributed by atoms with Crippen LogP contribution in [0.4, 0.5) is 4.39 Å². The molecule has 0 aliphatic heterocycles. The van der Waals surface area contributed by atoms with E-state index in [4.69, 9.17) is 11.6 Å². The Hall–Kier alpha value is -2.15. The molecule has 0 aliphatic carbocycles. The van der Waals surface area contributed by atoms with Gasteiger partial charge in [-0.25, -0.2) is 4.39 Å². The molecule has 28 heavy (non-hydrogen) atoms. The first kappa shape index (κ1) is 19.2. The van der Waals surface area contributed by atoms with E-state index in [0.29, 0.717) is 16.3 Å². The van der Waals surface area contributed by atoms with Crippen LogP contribution in [-0.2, 0) is 12.8 Å². The minimum Gasteiger partial charge on any atom is -0.305 e. The quantitative estimate of drug-likeness (QED) is 0.334. The van der Waals surface area contributed by atoms with Crippen LogP contribution in [0.3, 0.4) is 0 Å². The van der Waals surface area contributed by atoms with E-state index in [1.54, 1.807) is 23.5 Å². The van der Waals surface area contributed by atoms with Crippen molar-refractivity contribution in [2.45, 2.75) is 17.8 Å². The monoisotopic (exact) mass is 429 g/mol. The number of halogens is 2. The second-order valence-corrected chi connectivity index (χ2v) is 8.73. The third-order valence-electron chi connectivity index (χ3n) is 4.52. The van der Waals surface area contributed by atoms with E-state index in [1.165, 1.54) is 28.3 Å². The maximum atomic E-state index is 14.0. The molecule has 0 unspecified atom stereocenters. The molecular formula is C21H17ClFN3S2. The minimum atomic E-state index is -0.304. The summed E-state index contributed by atoms with van der Waals surface area (Å²) in [7, 11) is 1.93. The van der Waals surface area contributed by atoms with Crippen LogP contribution in [0.15, 0.2) is 59.1 Å². The number of nitrogens with zero attached hydrogens (tertiary/aromatic N) is 3. The van der Waals surface area contributed by atoms with Crippen molar-refractivity contribution in [2.75, 3.05) is 0 Å². The molecule has 0 spiro atoms. The Labute approximate surface area is 176 Å². The lowest BCUT2D eigenvalue weighted by Crippen LogP contribution is -1.96. The van der Waals surface area contributed by atoms with Gasteiger partial charge in [0.25, 0.3) is 0 Å². The lowest BCUT2D eigenvalue weighted by Gasteiger charge is -2.08. The fourth-order valence-corrected chi connectivity index (χ4v) is 5.18. The summed E-state index contributed by atoms with van der Waals surface area (Å²) < 4.78 is 16.0. The van der Waals surface area contributed by atoms with Gasteiger partial charge in [0.1, 0.15) is 5.82 Å². The first-order chi connectivity index (χ1) is 13.6. The Bertz CT molecular complexity index is 1100. The number of thioether (sulfide) groups is 1. The third-order valence-corrected chi connectivity index (χ3v) is 6.83. The van der Waals surface area contributed by atoms with E-state index >= 15 is 0 Å². The molecule has 0 amide bonds. The molecule has 2 aromatic carbocycles. The van der Waals surface area contributed by atoms with E-state index in [0.717, 1.165) is 22.1 Å². The predicted octanol–water partition coefficient (Wildman–Crippen LogP) is 6.60. The van der Waals surface area contributed by atoms with Crippen molar-refractivity contribution >= 4 is 34.7 Å². The van der Waals surface area contributed by atoms with Crippen molar-refractivity contribution in [1.82, 2.24) is 14.8 Å². The number of rotatable bonds is 5. The van der Waals surface area contributed by atoms with Gasteiger partial charge in [-0.05, 0) is 24.6 Å². The van der Waals surface area contributed by atoms with Crippen LogP contribution in [0.25, 0.3) is 22.5 Å². The smallest absolute Gasteiger partial charge is 0.191 e. The van der Waals surface area contributed by atoms with Gasteiger partial charge in [-0.15, -0.1) is 21.5 Å². The molecule has 0 saturated carbocycles. The summed E-state index contributed by atoms with van der Waals surface area (Å²) in [5.41, 5.74) is 3.87. The molecule has 0 fully saturated rings. The largest absolute Gasteiger partial charge is 0.305 e. The molecule has 0 saturated heterocycles. The number of hydrogen-bond acceptors (Lipinski definition) is 4. The first-order valence-corrected chi connectivity index (χ1v) is 10.9. The van der Waals surface area contributed by atoms with Gasteiger partial charge in [-0.3, -0.25) is 0 Å². The molecule has 4 rings (SSSR count). The fourth-order valence-electron chi connectivity index (χ4n) is 3.06. The Kier molecular flexibility index (Phi) is 5.53. The zero-order valence-corrected chi connectivity index (χ0v) is 17.7. The zero-order chi connectivity index (χ0) is 19.7. The lowest BCUT2D eigenvalue weighted by molar-refractivity contribution is 0.617. The van der Waals surface area contributed by atoms with Crippen molar-refractivity contribution in [3.63, 3.8) is 0 Å². The molecule has 0 N–H and O–H groups in total. The fraction of sp³-hybridized carbons (Fsp3) is 0.143. The summed E-state index contributed by atoms with van der Waals surface area (Å²) in [6.45, 7) is 2.11. The third kappa shape index (κ3) is 3.60. The topological polar surface area (TPSA) is 30.7 Å². The highest BCUT2D eigenvalue weighted by atomic mass is 35.5. The highest BCUT2D eigenvalue weighted by Gasteiger charge is 2.19. The van der Waals surface area contributed by atoms with Crippen molar-refractivity contribution in [1.29, 1.82) is 0 Å². The van der Waals surface area contributed by atoms with E-state index in [1.807, 2.05) is 29.8 Å². The van der Waals surface area contributed by atoms with Gasteiger partial charge in [0.2, 0.25) is 0 Å². The Morgan fingerprint density at radius 3 is 2.64 bits per heavy atom. The molecule has 2 aromatic heterocycles. The molecule has 4 aromatic rings. The predicted molar refractivity (Wildman–Crippen MR) is 115 cm³/mol. The Morgan fingerprint density at radius 1 is 1.11 bits per heavy atom. The summed E-state index contributed by atoms with van der Waals surface area (Å²) in [5.74, 6) is 0.888. The molecular weight excluding hydrogens is 413 g/mol. The molecule has 0 bridgehead atoms. The van der Waals surface area contributed by atoms with Crippen LogP contribution in [0.1, 0.15) is 10.4 Å². The molecule has 3 nitrogen and oxygen atoms in total. The van der Waals surface area contributed by atoms with E-state index in [-0.39, 0.29) is 5.82 Å². The molecule has 2 heterocycles. The van der Waals surface area contributed by atoms with Crippen LogP contribution >= 0.6 is 34.7 Å². The van der Waals surface area contributed by atoms with Gasteiger partial charge in [0.05, 0.1) is 0 Å². The molecule has 0 radical (unpaired) electrons. The van der Waals surface area contributed by atoms with Crippen LogP contribution < -0.4 is 0 Å². The summed E-state index contributed by atoms with van der Waals surface area (Å²) in [6.07, 6.45) is 0.